The van der Waals surface area contributed by atoms with Crippen molar-refractivity contribution in [2.45, 2.75) is 38.3 Å². The molecule has 0 aromatic rings. The zero-order valence-electron chi connectivity index (χ0n) is 9.91. The van der Waals surface area contributed by atoms with Gasteiger partial charge in [-0.05, 0) is 26.2 Å². The second-order valence-electron chi connectivity index (χ2n) is 4.14. The Hall–Kier alpha value is -0.650. The molecule has 0 aliphatic carbocycles. The Morgan fingerprint density at radius 3 is 3.12 bits per heavy atom. The van der Waals surface area contributed by atoms with Gasteiger partial charge < -0.3 is 20.5 Å². The van der Waals surface area contributed by atoms with Crippen LogP contribution >= 0.6 is 0 Å². The van der Waals surface area contributed by atoms with Gasteiger partial charge >= 0.3 is 0 Å². The molecule has 0 saturated carbocycles. The van der Waals surface area contributed by atoms with Crippen molar-refractivity contribution >= 4 is 5.91 Å². The minimum atomic E-state index is -0.437. The van der Waals surface area contributed by atoms with Crippen LogP contribution in [0, 0.1) is 0 Å². The minimum absolute atomic E-state index is 0.112. The van der Waals surface area contributed by atoms with Crippen molar-refractivity contribution in [2.75, 3.05) is 26.4 Å². The third-order valence-electron chi connectivity index (χ3n) is 2.51. The van der Waals surface area contributed by atoms with E-state index in [1.807, 2.05) is 0 Å². The lowest BCUT2D eigenvalue weighted by atomic mass is 10.2. The van der Waals surface area contributed by atoms with Crippen LogP contribution in [0.1, 0.15) is 26.2 Å². The second kappa shape index (κ2) is 7.60. The van der Waals surface area contributed by atoms with Crippen molar-refractivity contribution in [3.63, 3.8) is 0 Å². The van der Waals surface area contributed by atoms with E-state index in [9.17, 15) is 4.79 Å². The summed E-state index contributed by atoms with van der Waals surface area (Å²) in [5.41, 5.74) is 5.40. The van der Waals surface area contributed by atoms with Gasteiger partial charge in [0.25, 0.3) is 0 Å². The molecule has 1 heterocycles. The first-order chi connectivity index (χ1) is 7.70. The Morgan fingerprint density at radius 1 is 1.69 bits per heavy atom. The summed E-state index contributed by atoms with van der Waals surface area (Å²) in [6, 6.07) is -0.437. The number of nitrogens with two attached hydrogens (primary N) is 1. The van der Waals surface area contributed by atoms with Gasteiger partial charge in [-0.2, -0.15) is 0 Å². The molecular formula is C11H22N2O3. The molecule has 1 saturated heterocycles. The van der Waals surface area contributed by atoms with Gasteiger partial charge in [0, 0.05) is 19.8 Å². The van der Waals surface area contributed by atoms with Gasteiger partial charge in [0.05, 0.1) is 18.8 Å². The van der Waals surface area contributed by atoms with Crippen molar-refractivity contribution in [1.82, 2.24) is 5.32 Å². The summed E-state index contributed by atoms with van der Waals surface area (Å²) < 4.78 is 10.9. The average Bonchev–Trinajstić information content (AvgIpc) is 2.75. The number of hydrogen-bond acceptors (Lipinski definition) is 4. The van der Waals surface area contributed by atoms with Gasteiger partial charge in [0.2, 0.25) is 5.91 Å². The summed E-state index contributed by atoms with van der Waals surface area (Å²) in [4.78, 5) is 11.1. The average molecular weight is 230 g/mol. The summed E-state index contributed by atoms with van der Waals surface area (Å²) in [5.74, 6) is -0.112. The Balaban J connectivity index is 1.86. The highest BCUT2D eigenvalue weighted by atomic mass is 16.5. The van der Waals surface area contributed by atoms with E-state index in [2.05, 4.69) is 5.32 Å². The predicted octanol–water partition coefficient (Wildman–Crippen LogP) is 0.0355. The third kappa shape index (κ3) is 5.44. The molecule has 94 valence electrons. The molecule has 0 bridgehead atoms. The van der Waals surface area contributed by atoms with Crippen molar-refractivity contribution in [1.29, 1.82) is 0 Å². The van der Waals surface area contributed by atoms with Gasteiger partial charge in [-0.3, -0.25) is 4.79 Å². The van der Waals surface area contributed by atoms with E-state index in [4.69, 9.17) is 15.2 Å². The van der Waals surface area contributed by atoms with E-state index < -0.39 is 6.04 Å². The Labute approximate surface area is 96.7 Å². The molecule has 0 aromatic carbocycles. The molecule has 0 radical (unpaired) electrons. The maximum Gasteiger partial charge on any atom is 0.236 e. The van der Waals surface area contributed by atoms with Crippen molar-refractivity contribution < 1.29 is 14.3 Å². The fourth-order valence-corrected chi connectivity index (χ4v) is 1.54. The van der Waals surface area contributed by atoms with Crippen LogP contribution in [0.15, 0.2) is 0 Å². The molecule has 2 atom stereocenters. The summed E-state index contributed by atoms with van der Waals surface area (Å²) in [6.45, 7) is 4.47. The molecule has 3 N–H and O–H groups in total. The second-order valence-corrected chi connectivity index (χ2v) is 4.14. The van der Waals surface area contributed by atoms with Gasteiger partial charge in [0.15, 0.2) is 0 Å². The first kappa shape index (κ1) is 13.4. The van der Waals surface area contributed by atoms with Crippen LogP contribution in [-0.2, 0) is 14.3 Å². The summed E-state index contributed by atoms with van der Waals surface area (Å²) in [5, 5.41) is 2.74. The first-order valence-corrected chi connectivity index (χ1v) is 5.93. The molecule has 5 nitrogen and oxygen atoms in total. The van der Waals surface area contributed by atoms with Crippen LogP contribution in [0.5, 0.6) is 0 Å². The molecule has 1 aliphatic heterocycles. The molecule has 1 unspecified atom stereocenters. The molecule has 1 aliphatic rings. The molecule has 0 spiro atoms. The standard InChI is InChI=1S/C11H22N2O3/c1-9(12)11(14)13-5-3-6-15-8-10-4-2-7-16-10/h9-10H,2-8,12H2,1H3,(H,13,14)/t9-,10?/m1/s1. The molecular weight excluding hydrogens is 208 g/mol. The maximum absolute atomic E-state index is 11.1. The predicted molar refractivity (Wildman–Crippen MR) is 61.1 cm³/mol. The number of carbonyl (C=O) groups is 1. The normalized spacial score (nSPS) is 22.0. The highest BCUT2D eigenvalue weighted by Gasteiger charge is 2.14. The van der Waals surface area contributed by atoms with Crippen LogP contribution in [0.2, 0.25) is 0 Å². The lowest BCUT2D eigenvalue weighted by Crippen LogP contribution is -2.38. The number of ether oxygens (including phenoxy) is 2. The zero-order valence-corrected chi connectivity index (χ0v) is 9.91. The van der Waals surface area contributed by atoms with Crippen LogP contribution in [-0.4, -0.2) is 44.4 Å². The highest BCUT2D eigenvalue weighted by Crippen LogP contribution is 2.11. The largest absolute Gasteiger partial charge is 0.379 e. The topological polar surface area (TPSA) is 73.6 Å². The van der Waals surface area contributed by atoms with E-state index in [0.717, 1.165) is 25.9 Å². The van der Waals surface area contributed by atoms with Crippen molar-refractivity contribution in [2.24, 2.45) is 5.73 Å². The Morgan fingerprint density at radius 2 is 2.50 bits per heavy atom. The molecule has 16 heavy (non-hydrogen) atoms. The number of carbonyl (C=O) groups excluding carboxylic acids is 1. The lowest BCUT2D eigenvalue weighted by Gasteiger charge is -2.10. The lowest BCUT2D eigenvalue weighted by molar-refractivity contribution is -0.122. The van der Waals surface area contributed by atoms with Crippen LogP contribution < -0.4 is 11.1 Å². The van der Waals surface area contributed by atoms with Gasteiger partial charge in [-0.25, -0.2) is 0 Å². The molecule has 1 amide bonds. The van der Waals surface area contributed by atoms with Gasteiger partial charge in [0.1, 0.15) is 0 Å². The summed E-state index contributed by atoms with van der Waals surface area (Å²) in [7, 11) is 0. The Bertz CT molecular complexity index is 203. The van der Waals surface area contributed by atoms with Gasteiger partial charge in [-0.15, -0.1) is 0 Å². The number of rotatable bonds is 7. The molecule has 1 rings (SSSR count). The van der Waals surface area contributed by atoms with E-state index in [0.29, 0.717) is 19.8 Å². The third-order valence-corrected chi connectivity index (χ3v) is 2.51. The van der Waals surface area contributed by atoms with E-state index in [1.54, 1.807) is 6.92 Å². The molecule has 5 heteroatoms. The number of amides is 1. The summed E-state index contributed by atoms with van der Waals surface area (Å²) >= 11 is 0. The highest BCUT2D eigenvalue weighted by molar-refractivity contribution is 5.80. The molecule has 0 aromatic heterocycles. The fraction of sp³-hybridized carbons (Fsp3) is 0.909. The van der Waals surface area contributed by atoms with Crippen molar-refractivity contribution in [3.05, 3.63) is 0 Å². The Kier molecular flexibility index (Phi) is 6.37. The van der Waals surface area contributed by atoms with E-state index in [-0.39, 0.29) is 12.0 Å². The quantitative estimate of drug-likeness (QED) is 0.605. The monoisotopic (exact) mass is 230 g/mol. The molecule has 1 fully saturated rings. The van der Waals surface area contributed by atoms with Crippen LogP contribution in [0.25, 0.3) is 0 Å². The first-order valence-electron chi connectivity index (χ1n) is 5.93. The van der Waals surface area contributed by atoms with E-state index in [1.165, 1.54) is 0 Å². The van der Waals surface area contributed by atoms with Crippen molar-refractivity contribution in [3.8, 4) is 0 Å². The zero-order chi connectivity index (χ0) is 11.8. The maximum atomic E-state index is 11.1. The van der Waals surface area contributed by atoms with Gasteiger partial charge in [-0.1, -0.05) is 0 Å². The number of hydrogen-bond donors (Lipinski definition) is 2. The minimum Gasteiger partial charge on any atom is -0.379 e. The smallest absolute Gasteiger partial charge is 0.236 e. The fourth-order valence-electron chi connectivity index (χ4n) is 1.54. The number of nitrogens with one attached hydrogen (secondary N) is 1. The SMILES string of the molecule is C[C@@H](N)C(=O)NCCCOCC1CCCO1. The van der Waals surface area contributed by atoms with Crippen LogP contribution in [0.4, 0.5) is 0 Å². The van der Waals surface area contributed by atoms with E-state index >= 15 is 0 Å². The van der Waals surface area contributed by atoms with Crippen LogP contribution in [0.3, 0.4) is 0 Å². The summed E-state index contributed by atoms with van der Waals surface area (Å²) in [6.07, 6.45) is 3.32.